The second-order valence-electron chi connectivity index (χ2n) is 5.86. The summed E-state index contributed by atoms with van der Waals surface area (Å²) >= 11 is 1.12. The van der Waals surface area contributed by atoms with Crippen LogP contribution in [0.5, 0.6) is 0 Å². The molecule has 22 heavy (non-hydrogen) atoms. The third kappa shape index (κ3) is 3.15. The monoisotopic (exact) mass is 340 g/mol. The molecule has 0 bridgehead atoms. The van der Waals surface area contributed by atoms with E-state index >= 15 is 0 Å². The second-order valence-corrected chi connectivity index (χ2v) is 8.41. The van der Waals surface area contributed by atoms with Crippen molar-refractivity contribution in [3.05, 3.63) is 23.8 Å². The van der Waals surface area contributed by atoms with E-state index in [0.717, 1.165) is 48.7 Å². The number of rotatable bonds is 4. The topological polar surface area (TPSA) is 66.4 Å². The van der Waals surface area contributed by atoms with E-state index in [1.807, 2.05) is 18.2 Å². The van der Waals surface area contributed by atoms with Crippen molar-refractivity contribution in [3.8, 4) is 0 Å². The van der Waals surface area contributed by atoms with E-state index in [9.17, 15) is 8.42 Å². The van der Waals surface area contributed by atoms with Gasteiger partial charge in [0.25, 0.3) is 0 Å². The molecule has 1 aromatic heterocycles. The number of hydrogen-bond donors (Lipinski definition) is 0. The molecule has 120 valence electrons. The van der Waals surface area contributed by atoms with Gasteiger partial charge in [0.15, 0.2) is 0 Å². The van der Waals surface area contributed by atoms with Crippen molar-refractivity contribution in [3.63, 3.8) is 0 Å². The number of piperidine rings is 1. The number of aromatic nitrogens is 2. The van der Waals surface area contributed by atoms with Crippen molar-refractivity contribution in [1.82, 2.24) is 18.0 Å². The van der Waals surface area contributed by atoms with Gasteiger partial charge in [-0.3, -0.25) is 0 Å². The highest BCUT2D eigenvalue weighted by molar-refractivity contribution is 7.88. The Labute approximate surface area is 135 Å². The third-order valence-corrected chi connectivity index (χ3v) is 6.74. The molecule has 6 nitrogen and oxygen atoms in total. The SMILES string of the molecule is CN1CCC(N(C)S(=O)(=O)Cc2cccc3nsnc23)CC1. The van der Waals surface area contributed by atoms with Crippen LogP contribution in [0.15, 0.2) is 18.2 Å². The first-order valence-corrected chi connectivity index (χ1v) is 9.66. The zero-order chi connectivity index (χ0) is 15.7. The first-order chi connectivity index (χ1) is 10.5. The fourth-order valence-corrected chi connectivity index (χ4v) is 4.93. The van der Waals surface area contributed by atoms with Gasteiger partial charge in [0.2, 0.25) is 10.0 Å². The molecule has 0 aliphatic carbocycles. The largest absolute Gasteiger partial charge is 0.306 e. The zero-order valence-electron chi connectivity index (χ0n) is 12.8. The molecule has 1 saturated heterocycles. The number of likely N-dealkylation sites (tertiary alicyclic amines) is 1. The van der Waals surface area contributed by atoms with E-state index in [2.05, 4.69) is 20.7 Å². The van der Waals surface area contributed by atoms with Crippen LogP contribution in [0.1, 0.15) is 18.4 Å². The Morgan fingerprint density at radius 2 is 2.05 bits per heavy atom. The lowest BCUT2D eigenvalue weighted by molar-refractivity contribution is 0.197. The van der Waals surface area contributed by atoms with Crippen LogP contribution in [0.4, 0.5) is 0 Å². The van der Waals surface area contributed by atoms with E-state index in [4.69, 9.17) is 0 Å². The van der Waals surface area contributed by atoms with Crippen molar-refractivity contribution in [1.29, 1.82) is 0 Å². The van der Waals surface area contributed by atoms with Crippen LogP contribution in [-0.4, -0.2) is 59.6 Å². The minimum absolute atomic E-state index is 0.0153. The van der Waals surface area contributed by atoms with Gasteiger partial charge in [0.1, 0.15) is 11.0 Å². The molecule has 1 aliphatic heterocycles. The molecule has 1 fully saturated rings. The molecule has 1 aliphatic rings. The van der Waals surface area contributed by atoms with Gasteiger partial charge in [-0.2, -0.15) is 8.75 Å². The van der Waals surface area contributed by atoms with Crippen molar-refractivity contribution < 1.29 is 8.42 Å². The summed E-state index contributed by atoms with van der Waals surface area (Å²) in [5, 5.41) is 0. The fourth-order valence-electron chi connectivity index (χ4n) is 2.86. The molecule has 0 saturated carbocycles. The number of benzene rings is 1. The summed E-state index contributed by atoms with van der Waals surface area (Å²) in [4.78, 5) is 2.23. The minimum Gasteiger partial charge on any atom is -0.306 e. The molecule has 0 N–H and O–H groups in total. The van der Waals surface area contributed by atoms with Gasteiger partial charge < -0.3 is 4.90 Å². The summed E-state index contributed by atoms with van der Waals surface area (Å²) in [6.07, 6.45) is 1.77. The summed E-state index contributed by atoms with van der Waals surface area (Å²) in [7, 11) is 0.421. The van der Waals surface area contributed by atoms with E-state index in [1.54, 1.807) is 11.4 Å². The Bertz CT molecular complexity index is 751. The molecule has 0 atom stereocenters. The molecular weight excluding hydrogens is 320 g/mol. The normalized spacial score (nSPS) is 18.3. The number of sulfonamides is 1. The Balaban J connectivity index is 1.79. The third-order valence-electron chi connectivity index (χ3n) is 4.35. The standard InChI is InChI=1S/C14H20N4O2S2/c1-17-8-6-12(7-9-17)18(2)22(19,20)10-11-4-3-5-13-14(11)16-21-15-13/h3-5,12H,6-10H2,1-2H3. The van der Waals surface area contributed by atoms with Crippen molar-refractivity contribution in [2.24, 2.45) is 0 Å². The maximum atomic E-state index is 12.7. The van der Waals surface area contributed by atoms with Crippen LogP contribution in [0.3, 0.4) is 0 Å². The molecule has 0 radical (unpaired) electrons. The van der Waals surface area contributed by atoms with Gasteiger partial charge in [-0.25, -0.2) is 12.7 Å². The molecule has 1 aromatic carbocycles. The zero-order valence-corrected chi connectivity index (χ0v) is 14.4. The minimum atomic E-state index is -3.35. The Morgan fingerprint density at radius 3 is 2.77 bits per heavy atom. The van der Waals surface area contributed by atoms with Crippen LogP contribution in [0.25, 0.3) is 11.0 Å². The average Bonchev–Trinajstić information content (AvgIpc) is 2.96. The Hall–Kier alpha value is -1.09. The maximum Gasteiger partial charge on any atom is 0.218 e. The highest BCUT2D eigenvalue weighted by atomic mass is 32.2. The lowest BCUT2D eigenvalue weighted by atomic mass is 10.1. The van der Waals surface area contributed by atoms with Crippen LogP contribution in [0, 0.1) is 0 Å². The predicted molar refractivity (Wildman–Crippen MR) is 88.3 cm³/mol. The summed E-state index contributed by atoms with van der Waals surface area (Å²) in [6, 6.07) is 5.61. The predicted octanol–water partition coefficient (Wildman–Crippen LogP) is 1.55. The number of fused-ring (bicyclic) bond motifs is 1. The summed E-state index contributed by atoms with van der Waals surface area (Å²) in [5.41, 5.74) is 2.19. The molecule has 2 aromatic rings. The summed E-state index contributed by atoms with van der Waals surface area (Å²) < 4.78 is 35.4. The van der Waals surface area contributed by atoms with Crippen LogP contribution >= 0.6 is 11.7 Å². The smallest absolute Gasteiger partial charge is 0.218 e. The molecule has 8 heteroatoms. The van der Waals surface area contributed by atoms with Gasteiger partial charge in [-0.15, -0.1) is 0 Å². The summed E-state index contributed by atoms with van der Waals surface area (Å²) in [5.74, 6) is -0.0153. The average molecular weight is 340 g/mol. The fraction of sp³-hybridized carbons (Fsp3) is 0.571. The number of nitrogens with zero attached hydrogens (tertiary/aromatic N) is 4. The lowest BCUT2D eigenvalue weighted by Gasteiger charge is -2.34. The molecule has 0 spiro atoms. The van der Waals surface area contributed by atoms with Gasteiger partial charge in [0.05, 0.1) is 17.5 Å². The van der Waals surface area contributed by atoms with Crippen LogP contribution in [0.2, 0.25) is 0 Å². The Kier molecular flexibility index (Phi) is 4.44. The highest BCUT2D eigenvalue weighted by Gasteiger charge is 2.29. The molecule has 0 unspecified atom stereocenters. The van der Waals surface area contributed by atoms with E-state index in [1.165, 1.54) is 0 Å². The van der Waals surface area contributed by atoms with E-state index < -0.39 is 10.0 Å². The van der Waals surface area contributed by atoms with Crippen LogP contribution in [-0.2, 0) is 15.8 Å². The molecule has 3 rings (SSSR count). The van der Waals surface area contributed by atoms with Crippen molar-refractivity contribution >= 4 is 32.8 Å². The number of hydrogen-bond acceptors (Lipinski definition) is 6. The van der Waals surface area contributed by atoms with Gasteiger partial charge in [-0.1, -0.05) is 12.1 Å². The van der Waals surface area contributed by atoms with Crippen molar-refractivity contribution in [2.75, 3.05) is 27.2 Å². The summed E-state index contributed by atoms with van der Waals surface area (Å²) in [6.45, 7) is 1.88. The molecular formula is C14H20N4O2S2. The van der Waals surface area contributed by atoms with E-state index in [-0.39, 0.29) is 11.8 Å². The molecule has 2 heterocycles. The van der Waals surface area contributed by atoms with Gasteiger partial charge in [-0.05, 0) is 44.6 Å². The second kappa shape index (κ2) is 6.19. The maximum absolute atomic E-state index is 12.7. The van der Waals surface area contributed by atoms with Gasteiger partial charge in [0, 0.05) is 13.1 Å². The lowest BCUT2D eigenvalue weighted by Crippen LogP contribution is -2.44. The van der Waals surface area contributed by atoms with Crippen LogP contribution < -0.4 is 0 Å². The first kappa shape index (κ1) is 15.8. The Morgan fingerprint density at radius 1 is 1.32 bits per heavy atom. The molecule has 0 amide bonds. The quantitative estimate of drug-likeness (QED) is 0.845. The first-order valence-electron chi connectivity index (χ1n) is 7.32. The van der Waals surface area contributed by atoms with Crippen molar-refractivity contribution in [2.45, 2.75) is 24.6 Å². The van der Waals surface area contributed by atoms with E-state index in [0.29, 0.717) is 5.52 Å². The van der Waals surface area contributed by atoms with Gasteiger partial charge >= 0.3 is 0 Å². The highest BCUT2D eigenvalue weighted by Crippen LogP contribution is 2.23.